The highest BCUT2D eigenvalue weighted by Gasteiger charge is 2.08. The molecule has 19 heavy (non-hydrogen) atoms. The van der Waals surface area contributed by atoms with Gasteiger partial charge in [-0.25, -0.2) is 9.90 Å². The Morgan fingerprint density at radius 2 is 1.05 bits per heavy atom. The van der Waals surface area contributed by atoms with E-state index in [1.54, 1.807) is 0 Å². The number of rotatable bonds is 12. The summed E-state index contributed by atoms with van der Waals surface area (Å²) in [6.45, 7) is 6.94. The first-order chi connectivity index (χ1) is 8.92. The Hall–Kier alpha value is -0.530. The summed E-state index contributed by atoms with van der Waals surface area (Å²) in [6, 6.07) is 0. The molecule has 0 rings (SSSR count). The van der Waals surface area contributed by atoms with E-state index in [0.717, 1.165) is 12.8 Å². The van der Waals surface area contributed by atoms with Gasteiger partial charge in [0.05, 0.1) is 6.42 Å². The third-order valence-electron chi connectivity index (χ3n) is 3.56. The fourth-order valence-electron chi connectivity index (χ4n) is 2.34. The van der Waals surface area contributed by atoms with Gasteiger partial charge < -0.3 is 0 Å². The second-order valence-electron chi connectivity index (χ2n) is 6.97. The lowest BCUT2D eigenvalue weighted by Gasteiger charge is -2.17. The van der Waals surface area contributed by atoms with Gasteiger partial charge in [-0.15, -0.1) is 0 Å². The van der Waals surface area contributed by atoms with Crippen molar-refractivity contribution in [3.63, 3.8) is 0 Å². The van der Waals surface area contributed by atoms with Crippen LogP contribution >= 0.6 is 0 Å². The first-order valence-electron chi connectivity index (χ1n) is 8.12. The van der Waals surface area contributed by atoms with Crippen molar-refractivity contribution in [2.24, 2.45) is 5.41 Å². The number of carbonyl (C=O) groups excluding carboxylic acids is 1. The maximum atomic E-state index is 10.2. The summed E-state index contributed by atoms with van der Waals surface area (Å²) in [7, 11) is 0. The summed E-state index contributed by atoms with van der Waals surface area (Å²) in [4.78, 5) is 10.2. The molecule has 0 amide bonds. The topological polar surface area (TPSA) is 37.0 Å². The van der Waals surface area contributed by atoms with Gasteiger partial charge in [0.2, 0.25) is 0 Å². The second kappa shape index (κ2) is 11.3. The maximum absolute atomic E-state index is 10.2. The van der Waals surface area contributed by atoms with Gasteiger partial charge in [-0.3, -0.25) is 0 Å². The molecule has 1 radical (unpaired) electrons. The van der Waals surface area contributed by atoms with Crippen LogP contribution in [0, 0.1) is 5.41 Å². The van der Waals surface area contributed by atoms with Gasteiger partial charge in [0.25, 0.3) is 0 Å². The minimum absolute atomic E-state index is 0.230. The molecule has 0 atom stereocenters. The van der Waals surface area contributed by atoms with E-state index in [4.69, 9.17) is 0 Å². The molecule has 0 bridgehead atoms. The third kappa shape index (κ3) is 17.5. The van der Waals surface area contributed by atoms with Crippen LogP contribution in [0.3, 0.4) is 0 Å². The molecule has 113 valence electrons. The fourth-order valence-corrected chi connectivity index (χ4v) is 2.34. The monoisotopic (exact) mass is 269 g/mol. The molecule has 0 aromatic carbocycles. The van der Waals surface area contributed by atoms with Crippen molar-refractivity contribution in [1.29, 1.82) is 0 Å². The van der Waals surface area contributed by atoms with E-state index in [1.807, 2.05) is 0 Å². The standard InChI is InChI=1S/C17H33O2/c1-17(2,3)15-13-11-9-7-5-4-6-8-10-12-14-16(18)19/h4-15H2,1-3H3. The molecule has 0 unspecified atom stereocenters. The average Bonchev–Trinajstić information content (AvgIpc) is 2.28. The van der Waals surface area contributed by atoms with Crippen LogP contribution in [0.15, 0.2) is 0 Å². The zero-order valence-electron chi connectivity index (χ0n) is 13.3. The number of hydrogen-bond donors (Lipinski definition) is 0. The van der Waals surface area contributed by atoms with Gasteiger partial charge in [-0.05, 0) is 18.3 Å². The molecule has 0 saturated heterocycles. The molecule has 2 heteroatoms. The van der Waals surface area contributed by atoms with Gasteiger partial charge in [0.15, 0.2) is 0 Å². The quantitative estimate of drug-likeness (QED) is 0.420. The SMILES string of the molecule is CC(C)(C)CCCCCCCCCCCCC([O])=O. The van der Waals surface area contributed by atoms with E-state index in [-0.39, 0.29) is 6.42 Å². The predicted molar refractivity (Wildman–Crippen MR) is 80.6 cm³/mol. The lowest BCUT2D eigenvalue weighted by atomic mass is 9.89. The Balaban J connectivity index is 3.05. The highest BCUT2D eigenvalue weighted by Crippen LogP contribution is 2.22. The van der Waals surface area contributed by atoms with Gasteiger partial charge in [0, 0.05) is 0 Å². The van der Waals surface area contributed by atoms with E-state index < -0.39 is 5.97 Å². The Kier molecular flexibility index (Phi) is 11.0. The molecule has 0 aliphatic heterocycles. The Labute approximate surface area is 120 Å². The van der Waals surface area contributed by atoms with Gasteiger partial charge in [-0.2, -0.15) is 0 Å². The molecule has 0 fully saturated rings. The molecule has 0 aliphatic carbocycles. The predicted octanol–water partition coefficient (Wildman–Crippen LogP) is 5.67. The van der Waals surface area contributed by atoms with Crippen LogP contribution in [0.2, 0.25) is 0 Å². The number of carbonyl (C=O) groups is 1. The summed E-state index contributed by atoms with van der Waals surface area (Å²) >= 11 is 0. The minimum Gasteiger partial charge on any atom is -0.247 e. The van der Waals surface area contributed by atoms with E-state index >= 15 is 0 Å². The number of unbranched alkanes of at least 4 members (excludes halogenated alkanes) is 9. The average molecular weight is 269 g/mol. The maximum Gasteiger partial charge on any atom is 0.355 e. The molecular weight excluding hydrogens is 236 g/mol. The Morgan fingerprint density at radius 1 is 0.684 bits per heavy atom. The summed E-state index contributed by atoms with van der Waals surface area (Å²) in [5.74, 6) is -0.907. The van der Waals surface area contributed by atoms with Crippen molar-refractivity contribution in [3.8, 4) is 0 Å². The van der Waals surface area contributed by atoms with Crippen LogP contribution in [0.4, 0.5) is 0 Å². The van der Waals surface area contributed by atoms with Crippen LogP contribution < -0.4 is 0 Å². The Morgan fingerprint density at radius 3 is 1.42 bits per heavy atom. The molecule has 0 aliphatic rings. The lowest BCUT2D eigenvalue weighted by molar-refractivity contribution is -0.143. The molecule has 2 nitrogen and oxygen atoms in total. The van der Waals surface area contributed by atoms with Gasteiger partial charge >= 0.3 is 5.97 Å². The molecular formula is C17H33O2. The van der Waals surface area contributed by atoms with E-state index in [0.29, 0.717) is 5.41 Å². The first-order valence-corrected chi connectivity index (χ1v) is 8.12. The largest absolute Gasteiger partial charge is 0.355 e. The van der Waals surface area contributed by atoms with Crippen molar-refractivity contribution in [2.75, 3.05) is 0 Å². The first kappa shape index (κ1) is 18.5. The van der Waals surface area contributed by atoms with Crippen LogP contribution in [0.25, 0.3) is 0 Å². The Bertz CT molecular complexity index is 216. The molecule has 0 saturated carbocycles. The summed E-state index contributed by atoms with van der Waals surface area (Å²) in [6.07, 6.45) is 14.0. The normalized spacial score (nSPS) is 11.7. The van der Waals surface area contributed by atoms with Crippen LogP contribution in [0.5, 0.6) is 0 Å². The molecule has 0 aromatic rings. The molecule has 0 N–H and O–H groups in total. The second-order valence-corrected chi connectivity index (χ2v) is 6.97. The van der Waals surface area contributed by atoms with Crippen molar-refractivity contribution in [1.82, 2.24) is 0 Å². The smallest absolute Gasteiger partial charge is 0.247 e. The highest BCUT2D eigenvalue weighted by molar-refractivity contribution is 5.66. The fraction of sp³-hybridized carbons (Fsp3) is 0.941. The van der Waals surface area contributed by atoms with Crippen molar-refractivity contribution in [2.45, 2.75) is 97.8 Å². The summed E-state index contributed by atoms with van der Waals surface area (Å²) in [5.41, 5.74) is 0.492. The van der Waals surface area contributed by atoms with Crippen molar-refractivity contribution in [3.05, 3.63) is 0 Å². The lowest BCUT2D eigenvalue weighted by Crippen LogP contribution is -2.03. The number of hydrogen-bond acceptors (Lipinski definition) is 1. The van der Waals surface area contributed by atoms with Crippen molar-refractivity contribution >= 4 is 5.97 Å². The van der Waals surface area contributed by atoms with Gasteiger partial charge in [0.1, 0.15) is 0 Å². The van der Waals surface area contributed by atoms with E-state index in [2.05, 4.69) is 20.8 Å². The van der Waals surface area contributed by atoms with E-state index in [9.17, 15) is 9.90 Å². The minimum atomic E-state index is -0.907. The molecule has 0 aromatic heterocycles. The highest BCUT2D eigenvalue weighted by atomic mass is 16.4. The summed E-state index contributed by atoms with van der Waals surface area (Å²) in [5, 5.41) is 10.2. The van der Waals surface area contributed by atoms with Gasteiger partial charge in [-0.1, -0.05) is 78.6 Å². The zero-order valence-corrected chi connectivity index (χ0v) is 13.3. The van der Waals surface area contributed by atoms with Crippen LogP contribution in [-0.4, -0.2) is 5.97 Å². The molecule has 0 heterocycles. The van der Waals surface area contributed by atoms with Crippen LogP contribution in [0.1, 0.15) is 97.8 Å². The zero-order chi connectivity index (χ0) is 14.6. The third-order valence-corrected chi connectivity index (χ3v) is 3.56. The molecule has 0 spiro atoms. The van der Waals surface area contributed by atoms with Crippen LogP contribution in [-0.2, 0) is 9.90 Å². The van der Waals surface area contributed by atoms with E-state index in [1.165, 1.54) is 57.8 Å². The summed E-state index contributed by atoms with van der Waals surface area (Å²) < 4.78 is 0. The van der Waals surface area contributed by atoms with Crippen molar-refractivity contribution < 1.29 is 9.90 Å².